The molecule has 1 aliphatic rings. The van der Waals surface area contributed by atoms with E-state index < -0.39 is 5.60 Å². The molecule has 1 aromatic heterocycles. The van der Waals surface area contributed by atoms with Gasteiger partial charge in [0.25, 0.3) is 0 Å². The van der Waals surface area contributed by atoms with Gasteiger partial charge in [-0.1, -0.05) is 6.07 Å². The van der Waals surface area contributed by atoms with Crippen LogP contribution in [-0.2, 0) is 4.74 Å². The van der Waals surface area contributed by atoms with Gasteiger partial charge in [-0.3, -0.25) is 0 Å². The van der Waals surface area contributed by atoms with Crippen molar-refractivity contribution in [2.75, 3.05) is 18.4 Å². The number of aromatic nitrogens is 2. The normalized spacial score (nSPS) is 16.6. The Kier molecular flexibility index (Phi) is 4.15. The summed E-state index contributed by atoms with van der Waals surface area (Å²) in [7, 11) is 0. The molecule has 0 aliphatic carbocycles. The first kappa shape index (κ1) is 15.6. The number of imidazole rings is 1. The molecule has 1 aliphatic heterocycles. The second-order valence-electron chi connectivity index (χ2n) is 6.99. The summed E-state index contributed by atoms with van der Waals surface area (Å²) in [6.07, 6.45) is 3.30. The zero-order valence-corrected chi connectivity index (χ0v) is 13.9. The third-order valence-corrected chi connectivity index (χ3v) is 3.96. The van der Waals surface area contributed by atoms with E-state index in [1.165, 1.54) is 0 Å². The number of H-pyrrole nitrogens is 1. The van der Waals surface area contributed by atoms with Gasteiger partial charge in [-0.15, -0.1) is 0 Å². The minimum absolute atomic E-state index is 0.217. The van der Waals surface area contributed by atoms with Gasteiger partial charge in [0, 0.05) is 19.1 Å². The fourth-order valence-corrected chi connectivity index (χ4v) is 2.83. The fraction of sp³-hybridized carbons (Fsp3) is 0.529. The van der Waals surface area contributed by atoms with Gasteiger partial charge in [0.15, 0.2) is 0 Å². The minimum Gasteiger partial charge on any atom is -0.444 e. The number of fused-ring (bicyclic) bond motifs is 1. The number of para-hydroxylation sites is 1. The van der Waals surface area contributed by atoms with E-state index in [1.54, 1.807) is 11.2 Å². The summed E-state index contributed by atoms with van der Waals surface area (Å²) < 4.78 is 5.43. The van der Waals surface area contributed by atoms with Crippen LogP contribution in [0.5, 0.6) is 0 Å². The standard InChI is InChI=1S/C17H24N4O2/c1-17(2,3)23-16(22)21-9-7-12(8-10-21)20-14-6-4-5-13-15(14)19-11-18-13/h4-6,11-12,20H,7-10H2,1-3H3,(H,18,19). The third-order valence-electron chi connectivity index (χ3n) is 3.96. The largest absolute Gasteiger partial charge is 0.444 e. The maximum Gasteiger partial charge on any atom is 0.410 e. The molecule has 0 spiro atoms. The molecule has 23 heavy (non-hydrogen) atoms. The van der Waals surface area contributed by atoms with E-state index in [4.69, 9.17) is 4.74 Å². The van der Waals surface area contributed by atoms with Crippen LogP contribution in [0.4, 0.5) is 10.5 Å². The number of carbonyl (C=O) groups is 1. The molecule has 2 N–H and O–H groups in total. The number of rotatable bonds is 2. The average Bonchev–Trinajstić information content (AvgIpc) is 2.96. The summed E-state index contributed by atoms with van der Waals surface area (Å²) in [5.41, 5.74) is 2.59. The number of amides is 1. The molecular formula is C17H24N4O2. The van der Waals surface area contributed by atoms with Gasteiger partial charge in [0.2, 0.25) is 0 Å². The van der Waals surface area contributed by atoms with Crippen molar-refractivity contribution >= 4 is 22.8 Å². The fourth-order valence-electron chi connectivity index (χ4n) is 2.83. The Morgan fingerprint density at radius 3 is 2.78 bits per heavy atom. The molecule has 0 radical (unpaired) electrons. The van der Waals surface area contributed by atoms with E-state index in [0.29, 0.717) is 19.1 Å². The highest BCUT2D eigenvalue weighted by molar-refractivity contribution is 5.87. The molecular weight excluding hydrogens is 292 g/mol. The van der Waals surface area contributed by atoms with Crippen molar-refractivity contribution in [1.82, 2.24) is 14.9 Å². The van der Waals surface area contributed by atoms with E-state index >= 15 is 0 Å². The van der Waals surface area contributed by atoms with E-state index in [1.807, 2.05) is 39.0 Å². The molecule has 6 heteroatoms. The molecule has 0 bridgehead atoms. The number of carbonyl (C=O) groups excluding carboxylic acids is 1. The Morgan fingerprint density at radius 1 is 1.35 bits per heavy atom. The summed E-state index contributed by atoms with van der Waals surface area (Å²) >= 11 is 0. The Balaban J connectivity index is 1.57. The highest BCUT2D eigenvalue weighted by Gasteiger charge is 2.27. The third kappa shape index (κ3) is 3.75. The number of aromatic amines is 1. The van der Waals surface area contributed by atoms with Gasteiger partial charge in [0.1, 0.15) is 11.1 Å². The first-order chi connectivity index (χ1) is 10.9. The SMILES string of the molecule is CC(C)(C)OC(=O)N1CCC(Nc2cccc3[nH]cnc23)CC1. The number of hydrogen-bond acceptors (Lipinski definition) is 4. The van der Waals surface area contributed by atoms with Gasteiger partial charge in [-0.25, -0.2) is 9.78 Å². The quantitative estimate of drug-likeness (QED) is 0.891. The van der Waals surface area contributed by atoms with E-state index in [-0.39, 0.29) is 6.09 Å². The Morgan fingerprint density at radius 2 is 2.09 bits per heavy atom. The lowest BCUT2D eigenvalue weighted by Gasteiger charge is -2.34. The summed E-state index contributed by atoms with van der Waals surface area (Å²) in [6.45, 7) is 7.10. The van der Waals surface area contributed by atoms with Crippen molar-refractivity contribution in [2.45, 2.75) is 45.3 Å². The van der Waals surface area contributed by atoms with Crippen LogP contribution < -0.4 is 5.32 Å². The van der Waals surface area contributed by atoms with Crippen molar-refractivity contribution in [1.29, 1.82) is 0 Å². The van der Waals surface area contributed by atoms with Crippen molar-refractivity contribution in [3.63, 3.8) is 0 Å². The Labute approximate surface area is 136 Å². The van der Waals surface area contributed by atoms with Gasteiger partial charge in [-0.05, 0) is 45.7 Å². The molecule has 124 valence electrons. The van der Waals surface area contributed by atoms with Crippen LogP contribution in [-0.4, -0.2) is 45.7 Å². The first-order valence-electron chi connectivity index (χ1n) is 8.09. The van der Waals surface area contributed by atoms with E-state index in [0.717, 1.165) is 29.6 Å². The van der Waals surface area contributed by atoms with E-state index in [9.17, 15) is 4.79 Å². The second-order valence-corrected chi connectivity index (χ2v) is 6.99. The second kappa shape index (κ2) is 6.10. The monoisotopic (exact) mass is 316 g/mol. The predicted octanol–water partition coefficient (Wildman–Crippen LogP) is 3.37. The van der Waals surface area contributed by atoms with Gasteiger partial charge in [-0.2, -0.15) is 0 Å². The van der Waals surface area contributed by atoms with Crippen molar-refractivity contribution in [3.05, 3.63) is 24.5 Å². The molecule has 0 unspecified atom stereocenters. The summed E-state index contributed by atoms with van der Waals surface area (Å²) in [4.78, 5) is 21.4. The van der Waals surface area contributed by atoms with Crippen LogP contribution in [0.3, 0.4) is 0 Å². The van der Waals surface area contributed by atoms with Crippen LogP contribution >= 0.6 is 0 Å². The van der Waals surface area contributed by atoms with Crippen molar-refractivity contribution in [2.24, 2.45) is 0 Å². The predicted molar refractivity (Wildman–Crippen MR) is 90.5 cm³/mol. The maximum atomic E-state index is 12.1. The lowest BCUT2D eigenvalue weighted by molar-refractivity contribution is 0.0210. The summed E-state index contributed by atoms with van der Waals surface area (Å²) in [5, 5.41) is 3.56. The molecule has 2 heterocycles. The van der Waals surface area contributed by atoms with Crippen LogP contribution in [0.2, 0.25) is 0 Å². The summed E-state index contributed by atoms with van der Waals surface area (Å²) in [5.74, 6) is 0. The van der Waals surface area contributed by atoms with E-state index in [2.05, 4.69) is 15.3 Å². The molecule has 1 saturated heterocycles. The zero-order valence-electron chi connectivity index (χ0n) is 13.9. The van der Waals surface area contributed by atoms with Gasteiger partial charge < -0.3 is 19.9 Å². The number of nitrogens with one attached hydrogen (secondary N) is 2. The molecule has 1 amide bonds. The van der Waals surface area contributed by atoms with Crippen LogP contribution in [0.15, 0.2) is 24.5 Å². The minimum atomic E-state index is -0.443. The molecule has 1 aromatic carbocycles. The van der Waals surface area contributed by atoms with Crippen LogP contribution in [0, 0.1) is 0 Å². The number of piperidine rings is 1. The van der Waals surface area contributed by atoms with Crippen molar-refractivity contribution < 1.29 is 9.53 Å². The number of hydrogen-bond donors (Lipinski definition) is 2. The van der Waals surface area contributed by atoms with Gasteiger partial charge >= 0.3 is 6.09 Å². The molecule has 0 atom stereocenters. The first-order valence-corrected chi connectivity index (χ1v) is 8.09. The lowest BCUT2D eigenvalue weighted by atomic mass is 10.0. The maximum absolute atomic E-state index is 12.1. The average molecular weight is 316 g/mol. The lowest BCUT2D eigenvalue weighted by Crippen LogP contribution is -2.44. The highest BCUT2D eigenvalue weighted by atomic mass is 16.6. The number of anilines is 1. The van der Waals surface area contributed by atoms with Crippen LogP contribution in [0.1, 0.15) is 33.6 Å². The molecule has 6 nitrogen and oxygen atoms in total. The summed E-state index contributed by atoms with van der Waals surface area (Å²) in [6, 6.07) is 6.41. The molecule has 1 fully saturated rings. The highest BCUT2D eigenvalue weighted by Crippen LogP contribution is 2.23. The van der Waals surface area contributed by atoms with Crippen molar-refractivity contribution in [3.8, 4) is 0 Å². The Bertz CT molecular complexity index is 681. The zero-order chi connectivity index (χ0) is 16.4. The molecule has 3 rings (SSSR count). The number of nitrogens with zero attached hydrogens (tertiary/aromatic N) is 2. The molecule has 0 saturated carbocycles. The molecule has 2 aromatic rings. The van der Waals surface area contributed by atoms with Crippen LogP contribution in [0.25, 0.3) is 11.0 Å². The number of ether oxygens (including phenoxy) is 1. The topological polar surface area (TPSA) is 70.2 Å². The smallest absolute Gasteiger partial charge is 0.410 e. The number of likely N-dealkylation sites (tertiary alicyclic amines) is 1. The number of benzene rings is 1. The Hall–Kier alpha value is -2.24. The van der Waals surface area contributed by atoms with Gasteiger partial charge in [0.05, 0.1) is 17.5 Å².